The normalized spacial score (nSPS) is 16.5. The molecule has 0 atom stereocenters. The van der Waals surface area contributed by atoms with Gasteiger partial charge < -0.3 is 16.0 Å². The van der Waals surface area contributed by atoms with Crippen LogP contribution in [0.3, 0.4) is 0 Å². The first kappa shape index (κ1) is 14.7. The molecule has 1 aliphatic rings. The predicted molar refractivity (Wildman–Crippen MR) is 84.9 cm³/mol. The Bertz CT molecular complexity index is 477. The van der Waals surface area contributed by atoms with Crippen molar-refractivity contribution in [3.05, 3.63) is 18.2 Å². The fourth-order valence-electron chi connectivity index (χ4n) is 2.46. The number of nitrogens with zero attached hydrogens (tertiary/aromatic N) is 1. The molecule has 1 heterocycles. The van der Waals surface area contributed by atoms with Gasteiger partial charge in [0, 0.05) is 24.7 Å². The van der Waals surface area contributed by atoms with Gasteiger partial charge in [0.25, 0.3) is 0 Å². The zero-order valence-electron chi connectivity index (χ0n) is 12.6. The molecule has 4 nitrogen and oxygen atoms in total. The first-order chi connectivity index (χ1) is 9.47. The lowest BCUT2D eigenvalue weighted by molar-refractivity contribution is -0.118. The van der Waals surface area contributed by atoms with E-state index in [0.29, 0.717) is 0 Å². The molecule has 1 amide bonds. The van der Waals surface area contributed by atoms with Gasteiger partial charge in [0.1, 0.15) is 0 Å². The van der Waals surface area contributed by atoms with Gasteiger partial charge in [0.05, 0.1) is 11.4 Å². The lowest BCUT2D eigenvalue weighted by Gasteiger charge is -2.33. The molecule has 0 unspecified atom stereocenters. The molecule has 20 heavy (non-hydrogen) atoms. The second-order valence-electron chi connectivity index (χ2n) is 6.09. The quantitative estimate of drug-likeness (QED) is 0.833. The zero-order valence-corrected chi connectivity index (χ0v) is 12.6. The fraction of sp³-hybridized carbons (Fsp3) is 0.562. The lowest BCUT2D eigenvalue weighted by Crippen LogP contribution is -2.33. The minimum Gasteiger partial charge on any atom is -0.397 e. The third-order valence-corrected chi connectivity index (χ3v) is 3.94. The largest absolute Gasteiger partial charge is 0.397 e. The Labute approximate surface area is 121 Å². The summed E-state index contributed by atoms with van der Waals surface area (Å²) in [6, 6.07) is 5.80. The maximum absolute atomic E-state index is 11.7. The summed E-state index contributed by atoms with van der Waals surface area (Å²) in [4.78, 5) is 14.0. The maximum atomic E-state index is 11.7. The molecule has 0 aliphatic carbocycles. The molecule has 0 spiro atoms. The number of nitrogen functional groups attached to an aromatic ring is 1. The van der Waals surface area contributed by atoms with Crippen molar-refractivity contribution in [2.75, 3.05) is 29.0 Å². The summed E-state index contributed by atoms with van der Waals surface area (Å²) in [5.41, 5.74) is 8.74. The van der Waals surface area contributed by atoms with Crippen LogP contribution in [0.15, 0.2) is 18.2 Å². The van der Waals surface area contributed by atoms with E-state index in [1.807, 2.05) is 32.0 Å². The Balaban J connectivity index is 2.08. The summed E-state index contributed by atoms with van der Waals surface area (Å²) in [5.74, 6) is 0.792. The van der Waals surface area contributed by atoms with Gasteiger partial charge in [0.15, 0.2) is 0 Å². The van der Waals surface area contributed by atoms with Crippen LogP contribution in [0.4, 0.5) is 17.1 Å². The standard InChI is InChI=1S/C16H25N3O/c1-11(2)16(20)18-13-4-5-15(14(17)10-13)19-8-6-12(3)7-9-19/h4-5,10-12H,6-9,17H2,1-3H3,(H,18,20). The Morgan fingerprint density at radius 2 is 2.00 bits per heavy atom. The summed E-state index contributed by atoms with van der Waals surface area (Å²) in [7, 11) is 0. The number of rotatable bonds is 3. The zero-order chi connectivity index (χ0) is 14.7. The van der Waals surface area contributed by atoms with E-state index in [9.17, 15) is 4.79 Å². The molecular weight excluding hydrogens is 250 g/mol. The van der Waals surface area contributed by atoms with Crippen LogP contribution in [0.1, 0.15) is 33.6 Å². The minimum absolute atomic E-state index is 0.0175. The average molecular weight is 275 g/mol. The number of nitrogens with two attached hydrogens (primary N) is 1. The molecule has 2 rings (SSSR count). The molecule has 3 N–H and O–H groups in total. The van der Waals surface area contributed by atoms with Crippen LogP contribution in [-0.2, 0) is 4.79 Å². The fourth-order valence-corrected chi connectivity index (χ4v) is 2.46. The summed E-state index contributed by atoms with van der Waals surface area (Å²) >= 11 is 0. The second-order valence-corrected chi connectivity index (χ2v) is 6.09. The molecule has 1 saturated heterocycles. The van der Waals surface area contributed by atoms with Gasteiger partial charge in [-0.1, -0.05) is 20.8 Å². The number of piperidine rings is 1. The van der Waals surface area contributed by atoms with Crippen molar-refractivity contribution in [2.24, 2.45) is 11.8 Å². The Hall–Kier alpha value is -1.71. The molecule has 4 heteroatoms. The number of hydrogen-bond acceptors (Lipinski definition) is 3. The van der Waals surface area contributed by atoms with Gasteiger partial charge >= 0.3 is 0 Å². The van der Waals surface area contributed by atoms with Crippen LogP contribution < -0.4 is 16.0 Å². The molecule has 0 aromatic heterocycles. The van der Waals surface area contributed by atoms with Crippen molar-refractivity contribution < 1.29 is 4.79 Å². The first-order valence-corrected chi connectivity index (χ1v) is 7.42. The van der Waals surface area contributed by atoms with Gasteiger partial charge in [-0.15, -0.1) is 0 Å². The van der Waals surface area contributed by atoms with E-state index in [1.165, 1.54) is 12.8 Å². The monoisotopic (exact) mass is 275 g/mol. The molecule has 0 saturated carbocycles. The number of benzene rings is 1. The van der Waals surface area contributed by atoms with Crippen LogP contribution >= 0.6 is 0 Å². The number of nitrogens with one attached hydrogen (secondary N) is 1. The van der Waals surface area contributed by atoms with E-state index in [2.05, 4.69) is 17.1 Å². The van der Waals surface area contributed by atoms with Crippen molar-refractivity contribution >= 4 is 23.0 Å². The van der Waals surface area contributed by atoms with Crippen molar-refractivity contribution in [1.82, 2.24) is 0 Å². The van der Waals surface area contributed by atoms with Crippen molar-refractivity contribution in [3.63, 3.8) is 0 Å². The Kier molecular flexibility index (Phi) is 4.53. The lowest BCUT2D eigenvalue weighted by atomic mass is 9.98. The van der Waals surface area contributed by atoms with E-state index in [0.717, 1.165) is 36.1 Å². The first-order valence-electron chi connectivity index (χ1n) is 7.42. The summed E-state index contributed by atoms with van der Waals surface area (Å²) in [6.45, 7) is 8.17. The van der Waals surface area contributed by atoms with Gasteiger partial charge in [-0.05, 0) is 37.0 Å². The van der Waals surface area contributed by atoms with Crippen LogP contribution in [0.5, 0.6) is 0 Å². The molecule has 110 valence electrons. The maximum Gasteiger partial charge on any atom is 0.226 e. The van der Waals surface area contributed by atoms with Gasteiger partial charge in [0.2, 0.25) is 5.91 Å². The number of amides is 1. The van der Waals surface area contributed by atoms with E-state index >= 15 is 0 Å². The third kappa shape index (κ3) is 3.44. The third-order valence-electron chi connectivity index (χ3n) is 3.94. The highest BCUT2D eigenvalue weighted by molar-refractivity contribution is 5.93. The van der Waals surface area contributed by atoms with Crippen LogP contribution in [-0.4, -0.2) is 19.0 Å². The molecule has 1 aromatic carbocycles. The van der Waals surface area contributed by atoms with E-state index < -0.39 is 0 Å². The van der Waals surface area contributed by atoms with Gasteiger partial charge in [-0.2, -0.15) is 0 Å². The van der Waals surface area contributed by atoms with E-state index in [4.69, 9.17) is 5.73 Å². The van der Waals surface area contributed by atoms with Crippen LogP contribution in [0, 0.1) is 11.8 Å². The molecular formula is C16H25N3O. The van der Waals surface area contributed by atoms with Gasteiger partial charge in [-0.25, -0.2) is 0 Å². The SMILES string of the molecule is CC1CCN(c2ccc(NC(=O)C(C)C)cc2N)CC1. The van der Waals surface area contributed by atoms with Crippen molar-refractivity contribution in [3.8, 4) is 0 Å². The number of carbonyl (C=O) groups is 1. The highest BCUT2D eigenvalue weighted by Crippen LogP contribution is 2.30. The van der Waals surface area contributed by atoms with Crippen molar-refractivity contribution in [2.45, 2.75) is 33.6 Å². The van der Waals surface area contributed by atoms with Crippen LogP contribution in [0.2, 0.25) is 0 Å². The van der Waals surface area contributed by atoms with E-state index in [-0.39, 0.29) is 11.8 Å². The summed E-state index contributed by atoms with van der Waals surface area (Å²) < 4.78 is 0. The van der Waals surface area contributed by atoms with Crippen LogP contribution in [0.25, 0.3) is 0 Å². The summed E-state index contributed by atoms with van der Waals surface area (Å²) in [6.07, 6.45) is 2.43. The molecule has 0 radical (unpaired) electrons. The second kappa shape index (κ2) is 6.16. The molecule has 1 fully saturated rings. The number of carbonyl (C=O) groups excluding carboxylic acids is 1. The molecule has 1 aromatic rings. The highest BCUT2D eigenvalue weighted by atomic mass is 16.1. The summed E-state index contributed by atoms with van der Waals surface area (Å²) in [5, 5.41) is 2.88. The van der Waals surface area contributed by atoms with Gasteiger partial charge in [-0.3, -0.25) is 4.79 Å². The molecule has 0 bridgehead atoms. The Morgan fingerprint density at radius 3 is 2.55 bits per heavy atom. The molecule has 1 aliphatic heterocycles. The minimum atomic E-state index is -0.0283. The number of anilines is 3. The smallest absolute Gasteiger partial charge is 0.226 e. The van der Waals surface area contributed by atoms with Crippen molar-refractivity contribution in [1.29, 1.82) is 0 Å². The Morgan fingerprint density at radius 1 is 1.35 bits per heavy atom. The topological polar surface area (TPSA) is 58.4 Å². The highest BCUT2D eigenvalue weighted by Gasteiger charge is 2.18. The van der Waals surface area contributed by atoms with E-state index in [1.54, 1.807) is 0 Å². The average Bonchev–Trinajstić information content (AvgIpc) is 2.40. The number of hydrogen-bond donors (Lipinski definition) is 2. The predicted octanol–water partition coefficient (Wildman–Crippen LogP) is 3.10.